The molecule has 2 aromatic rings. The Balaban J connectivity index is 1.99. The van der Waals surface area contributed by atoms with Gasteiger partial charge in [0.15, 0.2) is 0 Å². The standard InChI is InChI=1S/C13H14FNO/c14-12-5-3-11(4-6-12)7-9-15-8-1-2-13(15)10-16/h1-6,8,16H,7,9-10H2. The zero-order valence-corrected chi connectivity index (χ0v) is 8.94. The average molecular weight is 219 g/mol. The lowest BCUT2D eigenvalue weighted by molar-refractivity contribution is 0.270. The highest BCUT2D eigenvalue weighted by Crippen LogP contribution is 2.07. The lowest BCUT2D eigenvalue weighted by Crippen LogP contribution is -2.04. The number of aromatic nitrogens is 1. The van der Waals surface area contributed by atoms with E-state index < -0.39 is 0 Å². The predicted octanol–water partition coefficient (Wildman–Crippen LogP) is 2.36. The zero-order valence-electron chi connectivity index (χ0n) is 8.94. The molecule has 0 atom stereocenters. The highest BCUT2D eigenvalue weighted by atomic mass is 19.1. The second kappa shape index (κ2) is 4.94. The summed E-state index contributed by atoms with van der Waals surface area (Å²) in [5.41, 5.74) is 2.00. The van der Waals surface area contributed by atoms with Crippen molar-refractivity contribution >= 4 is 0 Å². The van der Waals surface area contributed by atoms with Gasteiger partial charge in [0.25, 0.3) is 0 Å². The Morgan fingerprint density at radius 2 is 1.88 bits per heavy atom. The highest BCUT2D eigenvalue weighted by molar-refractivity contribution is 5.16. The minimum absolute atomic E-state index is 0.0520. The molecule has 1 aromatic carbocycles. The molecule has 16 heavy (non-hydrogen) atoms. The molecule has 0 aliphatic heterocycles. The van der Waals surface area contributed by atoms with Crippen molar-refractivity contribution in [3.8, 4) is 0 Å². The van der Waals surface area contributed by atoms with E-state index in [0.717, 1.165) is 24.2 Å². The van der Waals surface area contributed by atoms with Crippen molar-refractivity contribution in [2.75, 3.05) is 0 Å². The second-order valence-corrected chi connectivity index (χ2v) is 3.73. The van der Waals surface area contributed by atoms with Crippen molar-refractivity contribution in [3.63, 3.8) is 0 Å². The van der Waals surface area contributed by atoms with E-state index in [9.17, 15) is 4.39 Å². The Morgan fingerprint density at radius 1 is 1.12 bits per heavy atom. The number of benzene rings is 1. The molecule has 1 aromatic heterocycles. The number of aliphatic hydroxyl groups excluding tert-OH is 1. The monoisotopic (exact) mass is 219 g/mol. The maximum atomic E-state index is 12.7. The third-order valence-electron chi connectivity index (χ3n) is 2.64. The molecule has 0 unspecified atom stereocenters. The molecule has 84 valence electrons. The molecule has 0 saturated carbocycles. The first-order valence-electron chi connectivity index (χ1n) is 5.29. The van der Waals surface area contributed by atoms with E-state index in [0.29, 0.717) is 0 Å². The number of hydrogen-bond acceptors (Lipinski definition) is 1. The molecule has 0 bridgehead atoms. The topological polar surface area (TPSA) is 25.2 Å². The smallest absolute Gasteiger partial charge is 0.123 e. The summed E-state index contributed by atoms with van der Waals surface area (Å²) in [4.78, 5) is 0. The first-order chi connectivity index (χ1) is 7.79. The Bertz CT molecular complexity index is 447. The summed E-state index contributed by atoms with van der Waals surface area (Å²) in [6.07, 6.45) is 2.77. The fourth-order valence-corrected chi connectivity index (χ4v) is 1.71. The number of rotatable bonds is 4. The first kappa shape index (κ1) is 10.9. The van der Waals surface area contributed by atoms with Gasteiger partial charge in [-0.3, -0.25) is 0 Å². The molecule has 0 spiro atoms. The van der Waals surface area contributed by atoms with Gasteiger partial charge in [-0.05, 0) is 36.2 Å². The fourth-order valence-electron chi connectivity index (χ4n) is 1.71. The van der Waals surface area contributed by atoms with Crippen LogP contribution in [0.3, 0.4) is 0 Å². The average Bonchev–Trinajstić information content (AvgIpc) is 2.76. The van der Waals surface area contributed by atoms with Gasteiger partial charge in [0.1, 0.15) is 5.82 Å². The normalized spacial score (nSPS) is 10.6. The molecule has 0 fully saturated rings. The van der Waals surface area contributed by atoms with Crippen molar-refractivity contribution in [3.05, 3.63) is 59.7 Å². The molecule has 1 heterocycles. The molecule has 0 aliphatic rings. The Morgan fingerprint density at radius 3 is 2.56 bits per heavy atom. The summed E-state index contributed by atoms with van der Waals surface area (Å²) in [6, 6.07) is 10.3. The largest absolute Gasteiger partial charge is 0.390 e. The van der Waals surface area contributed by atoms with Gasteiger partial charge in [-0.25, -0.2) is 4.39 Å². The molecular weight excluding hydrogens is 205 g/mol. The molecule has 0 aliphatic carbocycles. The van der Waals surface area contributed by atoms with Crippen LogP contribution in [-0.2, 0) is 19.6 Å². The second-order valence-electron chi connectivity index (χ2n) is 3.73. The molecule has 2 nitrogen and oxygen atoms in total. The van der Waals surface area contributed by atoms with Crippen molar-refractivity contribution in [2.45, 2.75) is 19.6 Å². The lowest BCUT2D eigenvalue weighted by Gasteiger charge is -2.07. The number of aliphatic hydroxyl groups is 1. The van der Waals surface area contributed by atoms with Gasteiger partial charge >= 0.3 is 0 Å². The van der Waals surface area contributed by atoms with Gasteiger partial charge in [-0.15, -0.1) is 0 Å². The van der Waals surface area contributed by atoms with E-state index in [4.69, 9.17) is 5.11 Å². The Kier molecular flexibility index (Phi) is 3.37. The van der Waals surface area contributed by atoms with Crippen LogP contribution in [0.5, 0.6) is 0 Å². The molecule has 0 amide bonds. The van der Waals surface area contributed by atoms with Crippen molar-refractivity contribution in [2.24, 2.45) is 0 Å². The number of nitrogens with zero attached hydrogens (tertiary/aromatic N) is 1. The Labute approximate surface area is 94.0 Å². The molecule has 0 radical (unpaired) electrons. The summed E-state index contributed by atoms with van der Waals surface area (Å²) in [6.45, 7) is 0.852. The minimum Gasteiger partial charge on any atom is -0.390 e. The summed E-state index contributed by atoms with van der Waals surface area (Å²) >= 11 is 0. The minimum atomic E-state index is -0.208. The van der Waals surface area contributed by atoms with E-state index in [-0.39, 0.29) is 12.4 Å². The first-order valence-corrected chi connectivity index (χ1v) is 5.29. The zero-order chi connectivity index (χ0) is 11.4. The van der Waals surface area contributed by atoms with Crippen molar-refractivity contribution < 1.29 is 9.50 Å². The summed E-state index contributed by atoms with van der Waals surface area (Å²) in [7, 11) is 0. The molecule has 2 rings (SSSR count). The summed E-state index contributed by atoms with van der Waals surface area (Å²) < 4.78 is 14.7. The van der Waals surface area contributed by atoms with Crippen LogP contribution in [0.2, 0.25) is 0 Å². The third kappa shape index (κ3) is 2.49. The maximum Gasteiger partial charge on any atom is 0.123 e. The van der Waals surface area contributed by atoms with Gasteiger partial charge in [0.2, 0.25) is 0 Å². The van der Waals surface area contributed by atoms with Crippen LogP contribution >= 0.6 is 0 Å². The molecule has 0 saturated heterocycles. The third-order valence-corrected chi connectivity index (χ3v) is 2.64. The van der Waals surface area contributed by atoms with Gasteiger partial charge in [0.05, 0.1) is 6.61 Å². The van der Waals surface area contributed by atoms with E-state index >= 15 is 0 Å². The summed E-state index contributed by atoms with van der Waals surface area (Å²) in [5.74, 6) is -0.208. The van der Waals surface area contributed by atoms with Crippen molar-refractivity contribution in [1.29, 1.82) is 0 Å². The number of hydrogen-bond donors (Lipinski definition) is 1. The van der Waals surface area contributed by atoms with Gasteiger partial charge in [-0.2, -0.15) is 0 Å². The lowest BCUT2D eigenvalue weighted by atomic mass is 10.1. The van der Waals surface area contributed by atoms with Crippen LogP contribution in [0.25, 0.3) is 0 Å². The number of halogens is 1. The SMILES string of the molecule is OCc1cccn1CCc1ccc(F)cc1. The van der Waals surface area contributed by atoms with Crippen LogP contribution in [-0.4, -0.2) is 9.67 Å². The predicted molar refractivity (Wildman–Crippen MR) is 60.5 cm³/mol. The van der Waals surface area contributed by atoms with E-state index in [1.54, 1.807) is 12.1 Å². The van der Waals surface area contributed by atoms with Crippen LogP contribution in [0, 0.1) is 5.82 Å². The molecule has 3 heteroatoms. The van der Waals surface area contributed by atoms with Crippen molar-refractivity contribution in [1.82, 2.24) is 4.57 Å². The molecular formula is C13H14FNO. The van der Waals surface area contributed by atoms with Crippen LogP contribution in [0.15, 0.2) is 42.6 Å². The van der Waals surface area contributed by atoms with E-state index in [1.807, 2.05) is 22.9 Å². The van der Waals surface area contributed by atoms with Crippen LogP contribution in [0.1, 0.15) is 11.3 Å². The van der Waals surface area contributed by atoms with Gasteiger partial charge in [0, 0.05) is 18.4 Å². The number of aryl methyl sites for hydroxylation is 2. The van der Waals surface area contributed by atoms with E-state index in [2.05, 4.69) is 0 Å². The maximum absolute atomic E-state index is 12.7. The van der Waals surface area contributed by atoms with E-state index in [1.165, 1.54) is 12.1 Å². The van der Waals surface area contributed by atoms with Gasteiger partial charge < -0.3 is 9.67 Å². The highest BCUT2D eigenvalue weighted by Gasteiger charge is 2.00. The molecule has 1 N–H and O–H groups in total. The summed E-state index contributed by atoms with van der Waals surface area (Å²) in [5, 5.41) is 9.07. The quantitative estimate of drug-likeness (QED) is 0.839. The van der Waals surface area contributed by atoms with Crippen LogP contribution in [0.4, 0.5) is 4.39 Å². The Hall–Kier alpha value is -1.61. The van der Waals surface area contributed by atoms with Gasteiger partial charge in [-0.1, -0.05) is 12.1 Å². The fraction of sp³-hybridized carbons (Fsp3) is 0.231. The van der Waals surface area contributed by atoms with Crippen LogP contribution < -0.4 is 0 Å².